The van der Waals surface area contributed by atoms with E-state index in [4.69, 9.17) is 18.0 Å². The molecule has 0 aliphatic heterocycles. The number of aryl methyl sites for hydroxylation is 1. The van der Waals surface area contributed by atoms with E-state index < -0.39 is 12.7 Å². The zero-order valence-corrected chi connectivity index (χ0v) is 10.3. The molecule has 0 amide bonds. The van der Waals surface area contributed by atoms with E-state index in [-0.39, 0.29) is 4.99 Å². The average molecular weight is 262 g/mol. The number of alkyl halides is 3. The van der Waals surface area contributed by atoms with Gasteiger partial charge in [0, 0.05) is 18.3 Å². The molecule has 17 heavy (non-hydrogen) atoms. The van der Waals surface area contributed by atoms with Crippen molar-refractivity contribution in [3.05, 3.63) is 29.3 Å². The van der Waals surface area contributed by atoms with Gasteiger partial charge in [-0.15, -0.1) is 0 Å². The minimum atomic E-state index is -4.26. The molecule has 0 radical (unpaired) electrons. The Kier molecular flexibility index (Phi) is 3.98. The molecule has 0 saturated carbocycles. The molecule has 1 aromatic carbocycles. The first-order chi connectivity index (χ1) is 7.70. The smallest absolute Gasteiger partial charge is 0.389 e. The molecule has 0 saturated heterocycles. The van der Waals surface area contributed by atoms with Crippen molar-refractivity contribution >= 4 is 22.9 Å². The predicted octanol–water partition coefficient (Wildman–Crippen LogP) is 2.63. The number of halogens is 3. The first-order valence-corrected chi connectivity index (χ1v) is 5.30. The van der Waals surface area contributed by atoms with Crippen molar-refractivity contribution in [1.82, 2.24) is 0 Å². The minimum absolute atomic E-state index is 0.0951. The molecule has 0 unspecified atom stereocenters. The Morgan fingerprint density at radius 2 is 2.00 bits per heavy atom. The molecule has 0 aromatic heterocycles. The van der Waals surface area contributed by atoms with Crippen molar-refractivity contribution < 1.29 is 13.2 Å². The second-order valence-electron chi connectivity index (χ2n) is 3.86. The topological polar surface area (TPSA) is 29.3 Å². The Hall–Kier alpha value is -1.30. The zero-order valence-electron chi connectivity index (χ0n) is 9.51. The van der Waals surface area contributed by atoms with Crippen molar-refractivity contribution in [1.29, 1.82) is 0 Å². The summed E-state index contributed by atoms with van der Waals surface area (Å²) >= 11 is 4.84. The highest BCUT2D eigenvalue weighted by molar-refractivity contribution is 7.80. The van der Waals surface area contributed by atoms with Crippen molar-refractivity contribution in [3.8, 4) is 0 Å². The lowest BCUT2D eigenvalue weighted by molar-refractivity contribution is -0.119. The molecule has 0 heterocycles. The van der Waals surface area contributed by atoms with Crippen LogP contribution in [0.3, 0.4) is 0 Å². The summed E-state index contributed by atoms with van der Waals surface area (Å²) in [4.78, 5) is 1.19. The van der Waals surface area contributed by atoms with E-state index in [2.05, 4.69) is 0 Å². The standard InChI is InChI=1S/C11H13F3N2S/c1-7-3-4-9(8(5-7)10(15)17)16(2)6-11(12,13)14/h3-5H,6H2,1-2H3,(H2,15,17). The fourth-order valence-electron chi connectivity index (χ4n) is 1.53. The second-order valence-corrected chi connectivity index (χ2v) is 4.30. The van der Waals surface area contributed by atoms with Gasteiger partial charge in [0.1, 0.15) is 11.5 Å². The van der Waals surface area contributed by atoms with Gasteiger partial charge >= 0.3 is 6.18 Å². The third-order valence-electron chi connectivity index (χ3n) is 2.25. The van der Waals surface area contributed by atoms with Crippen LogP contribution in [0.25, 0.3) is 0 Å². The zero-order chi connectivity index (χ0) is 13.2. The molecule has 0 atom stereocenters. The van der Waals surface area contributed by atoms with E-state index in [0.29, 0.717) is 11.3 Å². The molecule has 1 aromatic rings. The van der Waals surface area contributed by atoms with E-state index in [0.717, 1.165) is 10.5 Å². The van der Waals surface area contributed by atoms with Crippen LogP contribution < -0.4 is 10.6 Å². The van der Waals surface area contributed by atoms with Gasteiger partial charge in [0.2, 0.25) is 0 Å². The van der Waals surface area contributed by atoms with Crippen molar-refractivity contribution in [2.45, 2.75) is 13.1 Å². The van der Waals surface area contributed by atoms with Gasteiger partial charge < -0.3 is 10.6 Å². The number of hydrogen-bond acceptors (Lipinski definition) is 2. The van der Waals surface area contributed by atoms with E-state index in [1.807, 2.05) is 6.92 Å². The highest BCUT2D eigenvalue weighted by Crippen LogP contribution is 2.25. The van der Waals surface area contributed by atoms with E-state index in [9.17, 15) is 13.2 Å². The number of hydrogen-bond donors (Lipinski definition) is 1. The van der Waals surface area contributed by atoms with Gasteiger partial charge in [-0.1, -0.05) is 23.8 Å². The summed E-state index contributed by atoms with van der Waals surface area (Å²) < 4.78 is 36.9. The van der Waals surface area contributed by atoms with Crippen LogP contribution in [-0.4, -0.2) is 24.8 Å². The van der Waals surface area contributed by atoms with Gasteiger partial charge in [-0.2, -0.15) is 13.2 Å². The number of thiocarbonyl (C=S) groups is 1. The molecule has 0 bridgehead atoms. The highest BCUT2D eigenvalue weighted by Gasteiger charge is 2.30. The molecule has 2 N–H and O–H groups in total. The summed E-state index contributed by atoms with van der Waals surface area (Å²) in [5.41, 5.74) is 7.26. The molecule has 6 heteroatoms. The number of anilines is 1. The first kappa shape index (κ1) is 13.8. The Labute approximate surface area is 103 Å². The van der Waals surface area contributed by atoms with Crippen LogP contribution >= 0.6 is 12.2 Å². The van der Waals surface area contributed by atoms with Crippen LogP contribution in [0.15, 0.2) is 18.2 Å². The summed E-state index contributed by atoms with van der Waals surface area (Å²) in [7, 11) is 1.36. The Balaban J connectivity index is 3.09. The van der Waals surface area contributed by atoms with Crippen LogP contribution in [0.5, 0.6) is 0 Å². The molecule has 0 aliphatic carbocycles. The fourth-order valence-corrected chi connectivity index (χ4v) is 1.70. The Morgan fingerprint density at radius 1 is 1.41 bits per heavy atom. The monoisotopic (exact) mass is 262 g/mol. The van der Waals surface area contributed by atoms with E-state index in [1.54, 1.807) is 18.2 Å². The second kappa shape index (κ2) is 4.91. The van der Waals surface area contributed by atoms with Crippen LogP contribution in [0.1, 0.15) is 11.1 Å². The van der Waals surface area contributed by atoms with Crippen LogP contribution in [0.2, 0.25) is 0 Å². The number of rotatable bonds is 3. The Bertz CT molecular complexity index is 429. The van der Waals surface area contributed by atoms with Gasteiger partial charge in [0.15, 0.2) is 0 Å². The van der Waals surface area contributed by atoms with Crippen molar-refractivity contribution in [2.24, 2.45) is 5.73 Å². The minimum Gasteiger partial charge on any atom is -0.389 e. The van der Waals surface area contributed by atoms with Gasteiger partial charge in [-0.25, -0.2) is 0 Å². The van der Waals surface area contributed by atoms with Crippen LogP contribution in [0.4, 0.5) is 18.9 Å². The largest absolute Gasteiger partial charge is 0.405 e. The van der Waals surface area contributed by atoms with Crippen LogP contribution in [0, 0.1) is 6.92 Å². The lowest BCUT2D eigenvalue weighted by atomic mass is 10.1. The Morgan fingerprint density at radius 3 is 2.47 bits per heavy atom. The maximum Gasteiger partial charge on any atom is 0.405 e. The molecule has 0 fully saturated rings. The molecule has 94 valence electrons. The summed E-state index contributed by atoms with van der Waals surface area (Å²) in [5.74, 6) is 0. The van der Waals surface area contributed by atoms with Crippen LogP contribution in [-0.2, 0) is 0 Å². The third-order valence-corrected chi connectivity index (χ3v) is 2.47. The van der Waals surface area contributed by atoms with Gasteiger partial charge in [-0.05, 0) is 19.1 Å². The maximum atomic E-state index is 12.3. The van der Waals surface area contributed by atoms with Crippen molar-refractivity contribution in [2.75, 3.05) is 18.5 Å². The van der Waals surface area contributed by atoms with E-state index >= 15 is 0 Å². The van der Waals surface area contributed by atoms with E-state index in [1.165, 1.54) is 7.05 Å². The quantitative estimate of drug-likeness (QED) is 0.849. The lowest BCUT2D eigenvalue weighted by Gasteiger charge is -2.23. The molecule has 0 aliphatic rings. The van der Waals surface area contributed by atoms with Crippen molar-refractivity contribution in [3.63, 3.8) is 0 Å². The molecule has 2 nitrogen and oxygen atoms in total. The molecule has 1 rings (SSSR count). The van der Waals surface area contributed by atoms with Gasteiger partial charge in [0.05, 0.1) is 0 Å². The summed E-state index contributed by atoms with van der Waals surface area (Å²) in [6.07, 6.45) is -4.26. The molecule has 0 spiro atoms. The number of nitrogens with zero attached hydrogens (tertiary/aromatic N) is 1. The fraction of sp³-hybridized carbons (Fsp3) is 0.364. The SMILES string of the molecule is Cc1ccc(N(C)CC(F)(F)F)c(C(N)=S)c1. The first-order valence-electron chi connectivity index (χ1n) is 4.89. The summed E-state index contributed by atoms with van der Waals surface area (Å²) in [6.45, 7) is 0.793. The third kappa shape index (κ3) is 3.89. The lowest BCUT2D eigenvalue weighted by Crippen LogP contribution is -2.32. The highest BCUT2D eigenvalue weighted by atomic mass is 32.1. The predicted molar refractivity (Wildman–Crippen MR) is 66.4 cm³/mol. The number of nitrogens with two attached hydrogens (primary N) is 1. The number of benzene rings is 1. The van der Waals surface area contributed by atoms with Gasteiger partial charge in [0.25, 0.3) is 0 Å². The molecular weight excluding hydrogens is 249 g/mol. The molecular formula is C11H13F3N2S. The summed E-state index contributed by atoms with van der Waals surface area (Å²) in [5, 5.41) is 0. The van der Waals surface area contributed by atoms with Gasteiger partial charge in [-0.3, -0.25) is 0 Å². The maximum absolute atomic E-state index is 12.3. The normalized spacial score (nSPS) is 11.4. The average Bonchev–Trinajstić information content (AvgIpc) is 2.14. The summed E-state index contributed by atoms with van der Waals surface area (Å²) in [6, 6.07) is 5.00.